The van der Waals surface area contributed by atoms with E-state index in [9.17, 15) is 9.59 Å². The molecule has 0 aromatic heterocycles. The van der Waals surface area contributed by atoms with Crippen molar-refractivity contribution >= 4 is 28.9 Å². The van der Waals surface area contributed by atoms with Crippen LogP contribution in [0.25, 0.3) is 0 Å². The average molecular weight is 458 g/mol. The second-order valence-corrected chi connectivity index (χ2v) is 8.61. The fourth-order valence-corrected chi connectivity index (χ4v) is 3.64. The van der Waals surface area contributed by atoms with E-state index in [0.29, 0.717) is 12.3 Å². The average Bonchev–Trinajstić information content (AvgIpc) is 3.70. The molecule has 0 aliphatic heterocycles. The molecule has 0 unspecified atom stereocenters. The molecule has 1 saturated carbocycles. The number of hydrogen-bond acceptors (Lipinski definition) is 4. The third kappa shape index (κ3) is 6.85. The van der Waals surface area contributed by atoms with Crippen molar-refractivity contribution in [1.29, 1.82) is 0 Å². The summed E-state index contributed by atoms with van der Waals surface area (Å²) >= 11 is 0. The number of aryl methyl sites for hydroxylation is 1. The molecule has 3 N–H and O–H groups in total. The van der Waals surface area contributed by atoms with Crippen molar-refractivity contribution in [2.75, 3.05) is 29.1 Å². The number of carbonyl (C=O) groups excluding carboxylic acids is 2. The lowest BCUT2D eigenvalue weighted by Gasteiger charge is -2.14. The van der Waals surface area contributed by atoms with E-state index in [1.54, 1.807) is 0 Å². The van der Waals surface area contributed by atoms with Crippen molar-refractivity contribution in [1.82, 2.24) is 0 Å². The van der Waals surface area contributed by atoms with Crippen LogP contribution < -0.4 is 20.7 Å². The molecule has 0 radical (unpaired) electrons. The number of nitrogens with one attached hydrogen (secondary N) is 3. The Kier molecular flexibility index (Phi) is 7.81. The number of rotatable bonds is 11. The molecule has 0 bridgehead atoms. The number of anilines is 3. The van der Waals surface area contributed by atoms with Gasteiger partial charge in [-0.2, -0.15) is 0 Å². The maximum atomic E-state index is 12.5. The highest BCUT2D eigenvalue weighted by molar-refractivity contribution is 5.98. The number of hydrogen-bond donors (Lipinski definition) is 3. The molecule has 1 fully saturated rings. The van der Waals surface area contributed by atoms with Crippen LogP contribution in [0.2, 0.25) is 0 Å². The van der Waals surface area contributed by atoms with Crippen LogP contribution >= 0.6 is 0 Å². The Labute approximate surface area is 200 Å². The summed E-state index contributed by atoms with van der Waals surface area (Å²) in [7, 11) is 0. The molecule has 1 aliphatic carbocycles. The van der Waals surface area contributed by atoms with Gasteiger partial charge in [0.05, 0.1) is 13.2 Å². The normalized spacial score (nSPS) is 12.6. The van der Waals surface area contributed by atoms with Crippen LogP contribution in [-0.2, 0) is 16.0 Å². The summed E-state index contributed by atoms with van der Waals surface area (Å²) in [6.45, 7) is 2.68. The van der Waals surface area contributed by atoms with Crippen LogP contribution in [0.3, 0.4) is 0 Å². The molecule has 0 spiro atoms. The molecule has 2 amide bonds. The van der Waals surface area contributed by atoms with Crippen molar-refractivity contribution in [3.8, 4) is 5.75 Å². The van der Waals surface area contributed by atoms with Crippen LogP contribution in [0, 0.1) is 12.8 Å². The minimum atomic E-state index is -0.157. The van der Waals surface area contributed by atoms with Gasteiger partial charge in [0.2, 0.25) is 11.8 Å². The SMILES string of the molecule is Cc1c(NC(=O)CNc2ccc(OCCCc3ccccc3)cc2)cccc1NC(=O)C1CC1. The highest BCUT2D eigenvalue weighted by atomic mass is 16.5. The number of amides is 2. The van der Waals surface area contributed by atoms with E-state index in [1.807, 2.05) is 55.5 Å². The second kappa shape index (κ2) is 11.4. The van der Waals surface area contributed by atoms with Crippen molar-refractivity contribution in [2.45, 2.75) is 32.6 Å². The van der Waals surface area contributed by atoms with E-state index in [0.717, 1.165) is 48.4 Å². The van der Waals surface area contributed by atoms with E-state index in [1.165, 1.54) is 5.56 Å². The summed E-state index contributed by atoms with van der Waals surface area (Å²) in [6.07, 6.45) is 3.85. The van der Waals surface area contributed by atoms with Gasteiger partial charge < -0.3 is 20.7 Å². The molecule has 3 aromatic rings. The summed E-state index contributed by atoms with van der Waals surface area (Å²) in [5, 5.41) is 9.01. The minimum absolute atomic E-state index is 0.0527. The Balaban J connectivity index is 1.20. The molecule has 1 aliphatic rings. The highest BCUT2D eigenvalue weighted by Crippen LogP contribution is 2.31. The summed E-state index contributed by atoms with van der Waals surface area (Å²) in [6, 6.07) is 23.5. The molecule has 0 heterocycles. The zero-order valence-corrected chi connectivity index (χ0v) is 19.5. The third-order valence-electron chi connectivity index (χ3n) is 5.84. The van der Waals surface area contributed by atoms with Gasteiger partial charge >= 0.3 is 0 Å². The Morgan fingerprint density at radius 3 is 2.29 bits per heavy atom. The van der Waals surface area contributed by atoms with Gasteiger partial charge in [0.25, 0.3) is 0 Å². The smallest absolute Gasteiger partial charge is 0.243 e. The van der Waals surface area contributed by atoms with E-state index in [-0.39, 0.29) is 24.3 Å². The number of ether oxygens (including phenoxy) is 1. The predicted molar refractivity (Wildman–Crippen MR) is 136 cm³/mol. The van der Waals surface area contributed by atoms with Gasteiger partial charge in [0.1, 0.15) is 5.75 Å². The lowest BCUT2D eigenvalue weighted by Crippen LogP contribution is -2.22. The predicted octanol–water partition coefficient (Wildman–Crippen LogP) is 5.41. The topological polar surface area (TPSA) is 79.5 Å². The largest absolute Gasteiger partial charge is 0.494 e. The van der Waals surface area contributed by atoms with E-state index >= 15 is 0 Å². The van der Waals surface area contributed by atoms with Crippen LogP contribution in [-0.4, -0.2) is 25.0 Å². The summed E-state index contributed by atoms with van der Waals surface area (Å²) in [5.74, 6) is 0.837. The molecule has 34 heavy (non-hydrogen) atoms. The number of carbonyl (C=O) groups is 2. The molecular weight excluding hydrogens is 426 g/mol. The second-order valence-electron chi connectivity index (χ2n) is 8.61. The lowest BCUT2D eigenvalue weighted by atomic mass is 10.1. The van der Waals surface area contributed by atoms with Crippen LogP contribution in [0.4, 0.5) is 17.1 Å². The van der Waals surface area contributed by atoms with Gasteiger partial charge in [-0.25, -0.2) is 0 Å². The van der Waals surface area contributed by atoms with Gasteiger partial charge in [-0.3, -0.25) is 9.59 Å². The van der Waals surface area contributed by atoms with Gasteiger partial charge in [-0.1, -0.05) is 36.4 Å². The van der Waals surface area contributed by atoms with E-state index in [2.05, 4.69) is 40.2 Å². The molecule has 6 heteroatoms. The first-order valence-electron chi connectivity index (χ1n) is 11.8. The Bertz CT molecular complexity index is 1110. The third-order valence-corrected chi connectivity index (χ3v) is 5.84. The standard InChI is InChI=1S/C28H31N3O3/c1-20-25(10-5-11-26(20)31-28(33)22-12-13-22)30-27(32)19-29-23-14-16-24(17-15-23)34-18-6-9-21-7-3-2-4-8-21/h2-5,7-8,10-11,14-17,22,29H,6,9,12-13,18-19H2,1H3,(H,30,32)(H,31,33). The quantitative estimate of drug-likeness (QED) is 0.337. The van der Waals surface area contributed by atoms with Crippen LogP contribution in [0.1, 0.15) is 30.4 Å². The fourth-order valence-electron chi connectivity index (χ4n) is 3.64. The maximum Gasteiger partial charge on any atom is 0.243 e. The van der Waals surface area contributed by atoms with Gasteiger partial charge in [0.15, 0.2) is 0 Å². The van der Waals surface area contributed by atoms with Crippen molar-refractivity contribution in [2.24, 2.45) is 5.92 Å². The van der Waals surface area contributed by atoms with Crippen molar-refractivity contribution < 1.29 is 14.3 Å². The molecule has 6 nitrogen and oxygen atoms in total. The van der Waals surface area contributed by atoms with Crippen LogP contribution in [0.5, 0.6) is 5.75 Å². The first-order valence-corrected chi connectivity index (χ1v) is 11.8. The van der Waals surface area contributed by atoms with E-state index < -0.39 is 0 Å². The molecular formula is C28H31N3O3. The molecule has 4 rings (SSSR count). The fraction of sp³-hybridized carbons (Fsp3) is 0.286. The zero-order chi connectivity index (χ0) is 23.8. The monoisotopic (exact) mass is 457 g/mol. The molecule has 3 aromatic carbocycles. The van der Waals surface area contributed by atoms with Crippen molar-refractivity contribution in [3.63, 3.8) is 0 Å². The van der Waals surface area contributed by atoms with Gasteiger partial charge in [-0.05, 0) is 80.1 Å². The zero-order valence-electron chi connectivity index (χ0n) is 19.5. The maximum absolute atomic E-state index is 12.5. The van der Waals surface area contributed by atoms with E-state index in [4.69, 9.17) is 4.74 Å². The molecule has 0 atom stereocenters. The Hall–Kier alpha value is -3.80. The highest BCUT2D eigenvalue weighted by Gasteiger charge is 2.29. The van der Waals surface area contributed by atoms with Crippen molar-refractivity contribution in [3.05, 3.63) is 83.9 Å². The number of benzene rings is 3. The van der Waals surface area contributed by atoms with Crippen LogP contribution in [0.15, 0.2) is 72.8 Å². The van der Waals surface area contributed by atoms with Gasteiger partial charge in [-0.15, -0.1) is 0 Å². The Morgan fingerprint density at radius 2 is 1.59 bits per heavy atom. The molecule has 0 saturated heterocycles. The summed E-state index contributed by atoms with van der Waals surface area (Å²) in [5.41, 5.74) is 4.43. The first-order chi connectivity index (χ1) is 16.6. The summed E-state index contributed by atoms with van der Waals surface area (Å²) in [4.78, 5) is 24.5. The van der Waals surface area contributed by atoms with Gasteiger partial charge in [0, 0.05) is 23.0 Å². The lowest BCUT2D eigenvalue weighted by molar-refractivity contribution is -0.117. The summed E-state index contributed by atoms with van der Waals surface area (Å²) < 4.78 is 5.82. The first kappa shape index (κ1) is 23.4. The minimum Gasteiger partial charge on any atom is -0.494 e. The Morgan fingerprint density at radius 1 is 0.882 bits per heavy atom. The molecule has 176 valence electrons.